The number of hydrogen-bond donors (Lipinski definition) is 0. The molecule has 29 heavy (non-hydrogen) atoms. The molecule has 4 rings (SSSR count). The molecule has 0 aliphatic carbocycles. The van der Waals surface area contributed by atoms with Gasteiger partial charge in [0.2, 0.25) is 11.7 Å². The normalized spacial score (nSPS) is 17.3. The lowest BCUT2D eigenvalue weighted by atomic mass is 10.0. The first kappa shape index (κ1) is 19.9. The predicted molar refractivity (Wildman–Crippen MR) is 115 cm³/mol. The molecule has 7 nitrogen and oxygen atoms in total. The molecule has 1 saturated heterocycles. The monoisotopic (exact) mass is 413 g/mol. The molecule has 0 radical (unpaired) electrons. The van der Waals surface area contributed by atoms with E-state index in [1.165, 1.54) is 18.2 Å². The van der Waals surface area contributed by atoms with Gasteiger partial charge in [0.05, 0.1) is 16.7 Å². The summed E-state index contributed by atoms with van der Waals surface area (Å²) in [7, 11) is 0. The average Bonchev–Trinajstić information content (AvgIpc) is 3.19. The maximum absolute atomic E-state index is 12.9. The molecule has 1 aliphatic rings. The van der Waals surface area contributed by atoms with Crippen molar-refractivity contribution in [2.24, 2.45) is 0 Å². The summed E-state index contributed by atoms with van der Waals surface area (Å²) in [5.41, 5.74) is 0.735. The molecule has 1 aromatic carbocycles. The Bertz CT molecular complexity index is 1090. The summed E-state index contributed by atoms with van der Waals surface area (Å²) in [5.74, 6) is 1.03. The van der Waals surface area contributed by atoms with E-state index in [2.05, 4.69) is 17.1 Å². The Morgan fingerprint density at radius 2 is 2.03 bits per heavy atom. The lowest BCUT2D eigenvalue weighted by Crippen LogP contribution is -2.44. The summed E-state index contributed by atoms with van der Waals surface area (Å²) >= 11 is 1.40. The molecular weight excluding hydrogens is 386 g/mol. The first-order valence-electron chi connectivity index (χ1n) is 10.4. The Morgan fingerprint density at radius 1 is 1.21 bits per heavy atom. The Labute approximate surface area is 174 Å². The van der Waals surface area contributed by atoms with Crippen molar-refractivity contribution in [1.82, 2.24) is 24.1 Å². The lowest BCUT2D eigenvalue weighted by molar-refractivity contribution is -0.132. The van der Waals surface area contributed by atoms with Crippen LogP contribution < -0.4 is 5.56 Å². The van der Waals surface area contributed by atoms with Gasteiger partial charge in [0.25, 0.3) is 5.56 Å². The van der Waals surface area contributed by atoms with Gasteiger partial charge < -0.3 is 4.90 Å². The predicted octanol–water partition coefficient (Wildman–Crippen LogP) is 3.34. The molecule has 154 valence electrons. The number of aromatic nitrogens is 4. The standard InChI is InChI=1S/C21H27N5O2S/c1-3-12-25-19(28)16-10-5-6-11-17(16)26-20(25)22-23-21(26)29-14-18(27)24-13-8-7-9-15(24)4-2/h5-6,10-11,15H,3-4,7-9,12-14H2,1-2H3. The van der Waals surface area contributed by atoms with Crippen molar-refractivity contribution in [2.75, 3.05) is 12.3 Å². The number of likely N-dealkylation sites (tertiary alicyclic amines) is 1. The van der Waals surface area contributed by atoms with Gasteiger partial charge in [-0.2, -0.15) is 0 Å². The zero-order chi connectivity index (χ0) is 20.4. The second kappa shape index (κ2) is 8.57. The molecule has 1 aliphatic heterocycles. The van der Waals surface area contributed by atoms with Crippen LogP contribution in [0.2, 0.25) is 0 Å². The van der Waals surface area contributed by atoms with Crippen molar-refractivity contribution in [3.8, 4) is 0 Å². The minimum atomic E-state index is -0.0471. The summed E-state index contributed by atoms with van der Waals surface area (Å²) in [6, 6.07) is 7.87. The fourth-order valence-electron chi connectivity index (χ4n) is 4.21. The summed E-state index contributed by atoms with van der Waals surface area (Å²) in [4.78, 5) is 27.8. The van der Waals surface area contributed by atoms with Gasteiger partial charge in [0, 0.05) is 19.1 Å². The van der Waals surface area contributed by atoms with Crippen molar-refractivity contribution in [3.05, 3.63) is 34.6 Å². The number of fused-ring (bicyclic) bond motifs is 3. The molecule has 3 heterocycles. The minimum absolute atomic E-state index is 0.0471. The summed E-state index contributed by atoms with van der Waals surface area (Å²) < 4.78 is 3.59. The number of rotatable bonds is 6. The fraction of sp³-hybridized carbons (Fsp3) is 0.524. The van der Waals surface area contributed by atoms with Crippen molar-refractivity contribution in [3.63, 3.8) is 0 Å². The number of hydrogen-bond acceptors (Lipinski definition) is 5. The van der Waals surface area contributed by atoms with Crippen LogP contribution in [-0.2, 0) is 11.3 Å². The van der Waals surface area contributed by atoms with Gasteiger partial charge in [-0.3, -0.25) is 18.6 Å². The smallest absolute Gasteiger partial charge is 0.262 e. The van der Waals surface area contributed by atoms with E-state index in [1.54, 1.807) is 4.57 Å². The maximum atomic E-state index is 12.9. The summed E-state index contributed by atoms with van der Waals surface area (Å²) in [6.45, 7) is 5.61. The number of piperidine rings is 1. The molecule has 8 heteroatoms. The van der Waals surface area contributed by atoms with Gasteiger partial charge in [-0.1, -0.05) is 37.7 Å². The van der Waals surface area contributed by atoms with Crippen LogP contribution >= 0.6 is 11.8 Å². The quantitative estimate of drug-likeness (QED) is 0.580. The SMILES string of the molecule is CCCn1c(=O)c2ccccc2n2c(SCC(=O)N3CCCCC3CC)nnc12. The van der Waals surface area contributed by atoms with Crippen LogP contribution in [0.3, 0.4) is 0 Å². The third-order valence-corrected chi connectivity index (χ3v) is 6.58. The zero-order valence-electron chi connectivity index (χ0n) is 17.0. The highest BCUT2D eigenvalue weighted by Gasteiger charge is 2.26. The van der Waals surface area contributed by atoms with Crippen LogP contribution in [0.5, 0.6) is 0 Å². The summed E-state index contributed by atoms with van der Waals surface area (Å²) in [6.07, 6.45) is 5.20. The molecule has 1 unspecified atom stereocenters. The van der Waals surface area contributed by atoms with Gasteiger partial charge in [-0.15, -0.1) is 10.2 Å². The molecule has 0 N–H and O–H groups in total. The van der Waals surface area contributed by atoms with Crippen LogP contribution in [0.25, 0.3) is 16.7 Å². The molecule has 2 aromatic heterocycles. The van der Waals surface area contributed by atoms with Crippen LogP contribution in [0, 0.1) is 0 Å². The molecular formula is C21H27N5O2S. The molecule has 0 saturated carbocycles. The van der Waals surface area contributed by atoms with Gasteiger partial charge in [-0.05, 0) is 44.2 Å². The number of para-hydroxylation sites is 1. The highest BCUT2D eigenvalue weighted by Crippen LogP contribution is 2.24. The highest BCUT2D eigenvalue weighted by molar-refractivity contribution is 7.99. The summed E-state index contributed by atoms with van der Waals surface area (Å²) in [5, 5.41) is 9.93. The molecule has 1 fully saturated rings. The highest BCUT2D eigenvalue weighted by atomic mass is 32.2. The third-order valence-electron chi connectivity index (χ3n) is 5.67. The number of amides is 1. The maximum Gasteiger partial charge on any atom is 0.262 e. The second-order valence-electron chi connectivity index (χ2n) is 7.53. The van der Waals surface area contributed by atoms with Gasteiger partial charge >= 0.3 is 0 Å². The van der Waals surface area contributed by atoms with E-state index in [0.29, 0.717) is 34.7 Å². The van der Waals surface area contributed by atoms with E-state index in [1.807, 2.05) is 40.5 Å². The van der Waals surface area contributed by atoms with E-state index in [4.69, 9.17) is 0 Å². The van der Waals surface area contributed by atoms with E-state index in [9.17, 15) is 9.59 Å². The van der Waals surface area contributed by atoms with Crippen molar-refractivity contribution < 1.29 is 4.79 Å². The number of nitrogens with zero attached hydrogens (tertiary/aromatic N) is 5. The van der Waals surface area contributed by atoms with E-state index in [0.717, 1.165) is 37.7 Å². The molecule has 0 bridgehead atoms. The number of thioether (sulfide) groups is 1. The fourth-order valence-corrected chi connectivity index (χ4v) is 5.04. The molecule has 1 amide bonds. The van der Waals surface area contributed by atoms with E-state index < -0.39 is 0 Å². The topological polar surface area (TPSA) is 72.5 Å². The molecule has 0 spiro atoms. The minimum Gasteiger partial charge on any atom is -0.339 e. The lowest BCUT2D eigenvalue weighted by Gasteiger charge is -2.35. The number of carbonyl (C=O) groups excluding carboxylic acids is 1. The van der Waals surface area contributed by atoms with E-state index >= 15 is 0 Å². The zero-order valence-corrected chi connectivity index (χ0v) is 17.8. The van der Waals surface area contributed by atoms with E-state index in [-0.39, 0.29) is 11.5 Å². The largest absolute Gasteiger partial charge is 0.339 e. The van der Waals surface area contributed by atoms with Crippen molar-refractivity contribution in [1.29, 1.82) is 0 Å². The number of aryl methyl sites for hydroxylation is 1. The van der Waals surface area contributed by atoms with Crippen LogP contribution in [0.15, 0.2) is 34.2 Å². The first-order valence-corrected chi connectivity index (χ1v) is 11.4. The Hall–Kier alpha value is -2.35. The van der Waals surface area contributed by atoms with Gasteiger partial charge in [-0.25, -0.2) is 0 Å². The number of carbonyl (C=O) groups is 1. The van der Waals surface area contributed by atoms with Crippen LogP contribution in [-0.4, -0.2) is 48.3 Å². The third kappa shape index (κ3) is 3.66. The molecule has 3 aromatic rings. The Kier molecular flexibility index (Phi) is 5.89. The van der Waals surface area contributed by atoms with Gasteiger partial charge in [0.15, 0.2) is 5.16 Å². The van der Waals surface area contributed by atoms with Crippen LogP contribution in [0.4, 0.5) is 0 Å². The molecule has 1 atom stereocenters. The second-order valence-corrected chi connectivity index (χ2v) is 8.47. The first-order chi connectivity index (χ1) is 14.2. The van der Waals surface area contributed by atoms with Crippen molar-refractivity contribution in [2.45, 2.75) is 63.7 Å². The number of benzene rings is 1. The Morgan fingerprint density at radius 3 is 2.83 bits per heavy atom. The Balaban J connectivity index is 1.68. The van der Waals surface area contributed by atoms with Gasteiger partial charge in [0.1, 0.15) is 0 Å². The average molecular weight is 414 g/mol. The van der Waals surface area contributed by atoms with Crippen LogP contribution in [0.1, 0.15) is 46.0 Å². The van der Waals surface area contributed by atoms with Crippen molar-refractivity contribution >= 4 is 34.3 Å².